The molecule has 3 heteroatoms. The van der Waals surface area contributed by atoms with Gasteiger partial charge >= 0.3 is 0 Å². The van der Waals surface area contributed by atoms with Gasteiger partial charge < -0.3 is 9.47 Å². The lowest BCUT2D eigenvalue weighted by Gasteiger charge is -2.17. The fourth-order valence-corrected chi connectivity index (χ4v) is 1.70. The van der Waals surface area contributed by atoms with Crippen LogP contribution in [0.3, 0.4) is 0 Å². The molecule has 1 rings (SSSR count). The molecule has 0 N–H and O–H groups in total. The van der Waals surface area contributed by atoms with Gasteiger partial charge in [0.15, 0.2) is 0 Å². The molecular formula is C15H25NO2. The Balaban J connectivity index is 2.94. The van der Waals surface area contributed by atoms with Crippen LogP contribution in [0, 0.1) is 0 Å². The molecule has 0 saturated heterocycles. The first kappa shape index (κ1) is 15.0. The average Bonchev–Trinajstić information content (AvgIpc) is 2.38. The van der Waals surface area contributed by atoms with E-state index in [1.54, 1.807) is 7.11 Å². The molecule has 0 bridgehead atoms. The Bertz CT molecular complexity index is 364. The maximum atomic E-state index is 5.80. The fourth-order valence-electron chi connectivity index (χ4n) is 1.70. The third-order valence-corrected chi connectivity index (χ3v) is 3.19. The topological polar surface area (TPSA) is 31.4 Å². The molecule has 3 nitrogen and oxygen atoms in total. The summed E-state index contributed by atoms with van der Waals surface area (Å²) < 4.78 is 10.8. The highest BCUT2D eigenvalue weighted by Gasteiger charge is 2.14. The number of aromatic nitrogens is 1. The van der Waals surface area contributed by atoms with Crippen molar-refractivity contribution in [2.24, 2.45) is 0 Å². The largest absolute Gasteiger partial charge is 0.489 e. The van der Waals surface area contributed by atoms with E-state index in [4.69, 9.17) is 9.47 Å². The van der Waals surface area contributed by atoms with Crippen LogP contribution in [-0.4, -0.2) is 25.3 Å². The van der Waals surface area contributed by atoms with Crippen molar-refractivity contribution in [1.82, 2.24) is 4.98 Å². The van der Waals surface area contributed by atoms with Gasteiger partial charge in [0.05, 0.1) is 12.3 Å². The molecule has 0 fully saturated rings. The highest BCUT2D eigenvalue weighted by molar-refractivity contribution is 5.34. The fraction of sp³-hybridized carbons (Fsp3) is 0.667. The van der Waals surface area contributed by atoms with Crippen molar-refractivity contribution in [2.45, 2.75) is 46.0 Å². The van der Waals surface area contributed by atoms with Gasteiger partial charge in [-0.15, -0.1) is 0 Å². The second kappa shape index (κ2) is 7.37. The predicted molar refractivity (Wildman–Crippen MR) is 74.4 cm³/mol. The Hall–Kier alpha value is -1.09. The lowest BCUT2D eigenvalue weighted by atomic mass is 10.00. The standard InChI is InChI=1S/C15H25NO2/c1-6-12(4)15-14(18-8-7-17-5)9-13(10-16-15)11(2)3/h9-12H,6-8H2,1-5H3. The molecule has 0 spiro atoms. The first-order chi connectivity index (χ1) is 8.60. The lowest BCUT2D eigenvalue weighted by Crippen LogP contribution is -2.09. The summed E-state index contributed by atoms with van der Waals surface area (Å²) in [6.07, 6.45) is 3.03. The molecule has 1 aromatic rings. The second-order valence-corrected chi connectivity index (χ2v) is 4.96. The zero-order valence-corrected chi connectivity index (χ0v) is 12.2. The van der Waals surface area contributed by atoms with Crippen molar-refractivity contribution in [3.63, 3.8) is 0 Å². The van der Waals surface area contributed by atoms with Gasteiger partial charge in [-0.25, -0.2) is 0 Å². The molecule has 1 aromatic heterocycles. The minimum Gasteiger partial charge on any atom is -0.489 e. The summed E-state index contributed by atoms with van der Waals surface area (Å²) in [5.74, 6) is 1.80. The van der Waals surface area contributed by atoms with Crippen LogP contribution in [0.2, 0.25) is 0 Å². The predicted octanol–water partition coefficient (Wildman–Crippen LogP) is 3.74. The Morgan fingerprint density at radius 1 is 1.22 bits per heavy atom. The summed E-state index contributed by atoms with van der Waals surface area (Å²) in [6, 6.07) is 2.12. The minimum atomic E-state index is 0.420. The Morgan fingerprint density at radius 3 is 2.50 bits per heavy atom. The van der Waals surface area contributed by atoms with Gasteiger partial charge in [-0.2, -0.15) is 0 Å². The summed E-state index contributed by atoms with van der Waals surface area (Å²) in [5, 5.41) is 0. The van der Waals surface area contributed by atoms with E-state index in [1.165, 1.54) is 5.56 Å². The van der Waals surface area contributed by atoms with E-state index in [9.17, 15) is 0 Å². The monoisotopic (exact) mass is 251 g/mol. The van der Waals surface area contributed by atoms with Crippen LogP contribution < -0.4 is 4.74 Å². The molecule has 18 heavy (non-hydrogen) atoms. The Morgan fingerprint density at radius 2 is 1.94 bits per heavy atom. The van der Waals surface area contributed by atoms with Crippen LogP contribution >= 0.6 is 0 Å². The summed E-state index contributed by atoms with van der Waals surface area (Å²) >= 11 is 0. The van der Waals surface area contributed by atoms with Gasteiger partial charge in [0.25, 0.3) is 0 Å². The van der Waals surface area contributed by atoms with Crippen molar-refractivity contribution >= 4 is 0 Å². The molecule has 0 saturated carbocycles. The quantitative estimate of drug-likeness (QED) is 0.692. The average molecular weight is 251 g/mol. The summed E-state index contributed by atoms with van der Waals surface area (Å²) in [6.45, 7) is 9.86. The van der Waals surface area contributed by atoms with Gasteiger partial charge in [-0.05, 0) is 24.0 Å². The number of pyridine rings is 1. The normalized spacial score (nSPS) is 12.8. The van der Waals surface area contributed by atoms with Crippen LogP contribution in [0.1, 0.15) is 57.2 Å². The first-order valence-corrected chi connectivity index (χ1v) is 6.71. The number of methoxy groups -OCH3 is 1. The number of ether oxygens (including phenoxy) is 2. The summed E-state index contributed by atoms with van der Waals surface area (Å²) in [4.78, 5) is 4.58. The molecule has 0 radical (unpaired) electrons. The van der Waals surface area contributed by atoms with Crippen LogP contribution in [0.15, 0.2) is 12.3 Å². The second-order valence-electron chi connectivity index (χ2n) is 4.96. The number of hydrogen-bond donors (Lipinski definition) is 0. The third-order valence-electron chi connectivity index (χ3n) is 3.19. The summed E-state index contributed by atoms with van der Waals surface area (Å²) in [7, 11) is 1.68. The Labute approximate surface area is 111 Å². The maximum Gasteiger partial charge on any atom is 0.141 e. The molecule has 1 heterocycles. The van der Waals surface area contributed by atoms with Crippen LogP contribution in [0.4, 0.5) is 0 Å². The van der Waals surface area contributed by atoms with Crippen molar-refractivity contribution in [3.05, 3.63) is 23.5 Å². The SMILES string of the molecule is CCC(C)c1ncc(C(C)C)cc1OCCOC. The number of rotatable bonds is 7. The number of nitrogens with zero attached hydrogens (tertiary/aromatic N) is 1. The van der Waals surface area contributed by atoms with Gasteiger partial charge in [-0.1, -0.05) is 27.7 Å². The minimum absolute atomic E-state index is 0.420. The van der Waals surface area contributed by atoms with Crippen LogP contribution in [0.25, 0.3) is 0 Å². The highest BCUT2D eigenvalue weighted by Crippen LogP contribution is 2.29. The van der Waals surface area contributed by atoms with Crippen molar-refractivity contribution < 1.29 is 9.47 Å². The smallest absolute Gasteiger partial charge is 0.141 e. The summed E-state index contributed by atoms with van der Waals surface area (Å²) in [5.41, 5.74) is 2.27. The van der Waals surface area contributed by atoms with E-state index in [1.807, 2.05) is 6.20 Å². The van der Waals surface area contributed by atoms with E-state index in [0.717, 1.165) is 17.9 Å². The molecule has 0 aromatic carbocycles. The molecule has 102 valence electrons. The van der Waals surface area contributed by atoms with Gasteiger partial charge in [0, 0.05) is 19.2 Å². The first-order valence-electron chi connectivity index (χ1n) is 6.71. The van der Waals surface area contributed by atoms with E-state index in [-0.39, 0.29) is 0 Å². The molecule has 1 unspecified atom stereocenters. The van der Waals surface area contributed by atoms with Crippen LogP contribution in [0.5, 0.6) is 5.75 Å². The van der Waals surface area contributed by atoms with E-state index in [0.29, 0.717) is 25.0 Å². The van der Waals surface area contributed by atoms with E-state index >= 15 is 0 Å². The van der Waals surface area contributed by atoms with Crippen molar-refractivity contribution in [2.75, 3.05) is 20.3 Å². The zero-order valence-electron chi connectivity index (χ0n) is 12.2. The molecule has 0 amide bonds. The molecular weight excluding hydrogens is 226 g/mol. The van der Waals surface area contributed by atoms with Crippen molar-refractivity contribution in [1.29, 1.82) is 0 Å². The highest BCUT2D eigenvalue weighted by atomic mass is 16.5. The maximum absolute atomic E-state index is 5.80. The van der Waals surface area contributed by atoms with Gasteiger partial charge in [-0.3, -0.25) is 4.98 Å². The lowest BCUT2D eigenvalue weighted by molar-refractivity contribution is 0.145. The third kappa shape index (κ3) is 3.98. The number of hydrogen-bond acceptors (Lipinski definition) is 3. The molecule has 1 atom stereocenters. The molecule has 0 aliphatic carbocycles. The molecule has 0 aliphatic rings. The van der Waals surface area contributed by atoms with Gasteiger partial charge in [0.2, 0.25) is 0 Å². The zero-order chi connectivity index (χ0) is 13.5. The van der Waals surface area contributed by atoms with E-state index < -0.39 is 0 Å². The van der Waals surface area contributed by atoms with E-state index in [2.05, 4.69) is 38.7 Å². The van der Waals surface area contributed by atoms with Crippen LogP contribution in [-0.2, 0) is 4.74 Å². The Kier molecular flexibility index (Phi) is 6.13. The van der Waals surface area contributed by atoms with Gasteiger partial charge in [0.1, 0.15) is 12.4 Å². The molecule has 0 aliphatic heterocycles. The van der Waals surface area contributed by atoms with Crippen molar-refractivity contribution in [3.8, 4) is 5.75 Å².